The van der Waals surface area contributed by atoms with Gasteiger partial charge in [0.15, 0.2) is 0 Å². The van der Waals surface area contributed by atoms with Gasteiger partial charge in [-0.15, -0.1) is 0 Å². The molecule has 0 amide bonds. The van der Waals surface area contributed by atoms with Crippen LogP contribution in [0.4, 0.5) is 10.2 Å². The van der Waals surface area contributed by atoms with Crippen LogP contribution in [-0.4, -0.2) is 38.3 Å². The molecule has 0 aliphatic heterocycles. The quantitative estimate of drug-likeness (QED) is 0.806. The molecule has 1 N–H and O–H groups in total. The Labute approximate surface area is 108 Å². The van der Waals surface area contributed by atoms with Gasteiger partial charge in [0.05, 0.1) is 18.8 Å². The maximum Gasteiger partial charge on any atom is 0.141 e. The number of ether oxygens (including phenoxy) is 1. The highest BCUT2D eigenvalue weighted by Crippen LogP contribution is 2.20. The Hall–Kier alpha value is -1.20. The van der Waals surface area contributed by atoms with Crippen molar-refractivity contribution in [3.63, 3.8) is 0 Å². The maximum absolute atomic E-state index is 13.3. The van der Waals surface area contributed by atoms with Crippen molar-refractivity contribution in [1.29, 1.82) is 0 Å². The van der Waals surface area contributed by atoms with Crippen LogP contribution in [0.5, 0.6) is 0 Å². The minimum Gasteiger partial charge on any atom is -0.383 e. The summed E-state index contributed by atoms with van der Waals surface area (Å²) >= 11 is 0. The van der Waals surface area contributed by atoms with E-state index in [4.69, 9.17) is 4.74 Å². The van der Waals surface area contributed by atoms with Gasteiger partial charge in [-0.2, -0.15) is 0 Å². The molecule has 0 spiro atoms. The SMILES string of the molecule is CCN(c1ncc(F)cc1CNC)C(C)COC. The van der Waals surface area contributed by atoms with Gasteiger partial charge >= 0.3 is 0 Å². The predicted octanol–water partition coefficient (Wildman–Crippen LogP) is 1.80. The van der Waals surface area contributed by atoms with Crippen molar-refractivity contribution in [2.45, 2.75) is 26.4 Å². The molecule has 0 aliphatic rings. The number of aromatic nitrogens is 1. The van der Waals surface area contributed by atoms with Crippen LogP contribution in [0, 0.1) is 5.82 Å². The van der Waals surface area contributed by atoms with Gasteiger partial charge in [0, 0.05) is 25.8 Å². The summed E-state index contributed by atoms with van der Waals surface area (Å²) in [4.78, 5) is 6.35. The number of pyridine rings is 1. The number of likely N-dealkylation sites (N-methyl/N-ethyl adjacent to an activating group) is 1. The smallest absolute Gasteiger partial charge is 0.141 e. The van der Waals surface area contributed by atoms with E-state index in [-0.39, 0.29) is 11.9 Å². The van der Waals surface area contributed by atoms with Gasteiger partial charge < -0.3 is 15.0 Å². The molecule has 4 nitrogen and oxygen atoms in total. The lowest BCUT2D eigenvalue weighted by atomic mass is 10.2. The first-order valence-corrected chi connectivity index (χ1v) is 6.18. The summed E-state index contributed by atoms with van der Waals surface area (Å²) < 4.78 is 18.4. The highest BCUT2D eigenvalue weighted by molar-refractivity contribution is 5.47. The molecule has 0 saturated carbocycles. The molecule has 102 valence electrons. The zero-order valence-electron chi connectivity index (χ0n) is 11.5. The Bertz CT molecular complexity index is 373. The van der Waals surface area contributed by atoms with Crippen LogP contribution >= 0.6 is 0 Å². The first-order valence-electron chi connectivity index (χ1n) is 6.18. The second kappa shape index (κ2) is 7.28. The lowest BCUT2D eigenvalue weighted by Gasteiger charge is -2.30. The largest absolute Gasteiger partial charge is 0.383 e. The molecular weight excluding hydrogens is 233 g/mol. The fourth-order valence-electron chi connectivity index (χ4n) is 2.05. The standard InChI is InChI=1S/C13H22FN3O/c1-5-17(10(2)9-18-4)13-11(7-15-3)6-12(14)8-16-13/h6,8,10,15H,5,7,9H2,1-4H3. The maximum atomic E-state index is 13.3. The van der Waals surface area contributed by atoms with Crippen molar-refractivity contribution in [2.75, 3.05) is 32.2 Å². The van der Waals surface area contributed by atoms with Crippen molar-refractivity contribution < 1.29 is 9.13 Å². The molecule has 0 aromatic carbocycles. The Morgan fingerprint density at radius 1 is 1.56 bits per heavy atom. The minimum absolute atomic E-state index is 0.202. The van der Waals surface area contributed by atoms with Gasteiger partial charge in [-0.05, 0) is 27.0 Å². The molecule has 0 radical (unpaired) electrons. The third-order valence-corrected chi connectivity index (χ3v) is 2.83. The normalized spacial score (nSPS) is 12.5. The molecule has 1 heterocycles. The van der Waals surface area contributed by atoms with Crippen molar-refractivity contribution in [1.82, 2.24) is 10.3 Å². The molecule has 0 fully saturated rings. The number of anilines is 1. The average Bonchev–Trinajstić information content (AvgIpc) is 2.33. The number of hydrogen-bond donors (Lipinski definition) is 1. The lowest BCUT2D eigenvalue weighted by molar-refractivity contribution is 0.181. The van der Waals surface area contributed by atoms with E-state index < -0.39 is 0 Å². The second-order valence-electron chi connectivity index (χ2n) is 4.26. The van der Waals surface area contributed by atoms with Crippen LogP contribution in [0.25, 0.3) is 0 Å². The number of halogens is 1. The van der Waals surface area contributed by atoms with E-state index in [1.165, 1.54) is 12.3 Å². The van der Waals surface area contributed by atoms with Gasteiger partial charge in [-0.3, -0.25) is 0 Å². The highest BCUT2D eigenvalue weighted by atomic mass is 19.1. The van der Waals surface area contributed by atoms with E-state index >= 15 is 0 Å². The number of nitrogens with one attached hydrogen (secondary N) is 1. The van der Waals surface area contributed by atoms with E-state index in [1.54, 1.807) is 7.11 Å². The van der Waals surface area contributed by atoms with Gasteiger partial charge in [0.1, 0.15) is 11.6 Å². The van der Waals surface area contributed by atoms with Crippen LogP contribution in [0.15, 0.2) is 12.3 Å². The van der Waals surface area contributed by atoms with E-state index in [2.05, 4.69) is 29.0 Å². The molecule has 18 heavy (non-hydrogen) atoms. The van der Waals surface area contributed by atoms with E-state index in [0.717, 1.165) is 17.9 Å². The zero-order chi connectivity index (χ0) is 13.5. The summed E-state index contributed by atoms with van der Waals surface area (Å²) in [6, 6.07) is 1.73. The molecule has 0 saturated heterocycles. The molecule has 1 aromatic heterocycles. The van der Waals surface area contributed by atoms with Crippen molar-refractivity contribution in [2.24, 2.45) is 0 Å². The number of methoxy groups -OCH3 is 1. The summed E-state index contributed by atoms with van der Waals surface area (Å²) in [5, 5.41) is 3.04. The fourth-order valence-corrected chi connectivity index (χ4v) is 2.05. The van der Waals surface area contributed by atoms with Crippen LogP contribution in [0.2, 0.25) is 0 Å². The van der Waals surface area contributed by atoms with Crippen LogP contribution in [0.3, 0.4) is 0 Å². The van der Waals surface area contributed by atoms with Crippen LogP contribution in [-0.2, 0) is 11.3 Å². The number of nitrogens with zero attached hydrogens (tertiary/aromatic N) is 2. The summed E-state index contributed by atoms with van der Waals surface area (Å²) in [7, 11) is 3.51. The van der Waals surface area contributed by atoms with E-state index in [9.17, 15) is 4.39 Å². The third-order valence-electron chi connectivity index (χ3n) is 2.83. The van der Waals surface area contributed by atoms with Crippen molar-refractivity contribution in [3.05, 3.63) is 23.6 Å². The highest BCUT2D eigenvalue weighted by Gasteiger charge is 2.17. The Kier molecular flexibility index (Phi) is 6.01. The van der Waals surface area contributed by atoms with Gasteiger partial charge in [0.25, 0.3) is 0 Å². The van der Waals surface area contributed by atoms with Crippen molar-refractivity contribution in [3.8, 4) is 0 Å². The molecule has 1 aromatic rings. The fraction of sp³-hybridized carbons (Fsp3) is 0.615. The summed E-state index contributed by atoms with van der Waals surface area (Å²) in [5.41, 5.74) is 0.863. The second-order valence-corrected chi connectivity index (χ2v) is 4.26. The van der Waals surface area contributed by atoms with Gasteiger partial charge in [-0.1, -0.05) is 0 Å². The molecule has 1 atom stereocenters. The Morgan fingerprint density at radius 2 is 2.28 bits per heavy atom. The van der Waals surface area contributed by atoms with Crippen LogP contribution < -0.4 is 10.2 Å². The topological polar surface area (TPSA) is 37.4 Å². The monoisotopic (exact) mass is 255 g/mol. The zero-order valence-corrected chi connectivity index (χ0v) is 11.5. The lowest BCUT2D eigenvalue weighted by Crippen LogP contribution is -2.37. The summed E-state index contributed by atoms with van der Waals surface area (Å²) in [6.45, 7) is 6.14. The first-order chi connectivity index (χ1) is 8.63. The molecule has 5 heteroatoms. The molecule has 1 unspecified atom stereocenters. The van der Waals surface area contributed by atoms with Gasteiger partial charge in [0.2, 0.25) is 0 Å². The summed E-state index contributed by atoms with van der Waals surface area (Å²) in [5.74, 6) is 0.511. The average molecular weight is 255 g/mol. The minimum atomic E-state index is -0.306. The van der Waals surface area contributed by atoms with E-state index in [1.807, 2.05) is 7.05 Å². The molecule has 0 bridgehead atoms. The molecule has 0 aliphatic carbocycles. The van der Waals surface area contributed by atoms with Crippen molar-refractivity contribution >= 4 is 5.82 Å². The predicted molar refractivity (Wildman–Crippen MR) is 71.3 cm³/mol. The first kappa shape index (κ1) is 14.9. The summed E-state index contributed by atoms with van der Waals surface area (Å²) in [6.07, 6.45) is 1.26. The molecule has 1 rings (SSSR count). The third kappa shape index (κ3) is 3.65. The van der Waals surface area contributed by atoms with Crippen LogP contribution in [0.1, 0.15) is 19.4 Å². The number of hydrogen-bond acceptors (Lipinski definition) is 4. The van der Waals surface area contributed by atoms with E-state index in [0.29, 0.717) is 13.2 Å². The Morgan fingerprint density at radius 3 is 2.83 bits per heavy atom. The van der Waals surface area contributed by atoms with Gasteiger partial charge in [-0.25, -0.2) is 9.37 Å². The molecular formula is C13H22FN3O. The number of rotatable bonds is 7. The Balaban J connectivity index is 3.03.